The number of thiophene rings is 1. The van der Waals surface area contributed by atoms with E-state index in [4.69, 9.17) is 0 Å². The van der Waals surface area contributed by atoms with Crippen LogP contribution in [0.1, 0.15) is 69.3 Å². The Morgan fingerprint density at radius 3 is 2.31 bits per heavy atom. The fourth-order valence-corrected chi connectivity index (χ4v) is 8.90. The Kier molecular flexibility index (Phi) is 8.49. The minimum absolute atomic E-state index is 0.00546. The average molecular weight is 607 g/mol. The SMILES string of the molecule is CC1CCN(S(=O)(=O)c2ccc(C(=O)Nc3sc4c(c3C(=O)N3CCCC3)CCN(Cc3ccccc3)C4)cc2)CC1. The van der Waals surface area contributed by atoms with E-state index in [2.05, 4.69) is 29.3 Å². The Balaban J connectivity index is 1.22. The Hall–Kier alpha value is -3.05. The molecule has 3 aliphatic rings. The number of piperidine rings is 1. The maximum absolute atomic E-state index is 13.7. The predicted molar refractivity (Wildman–Crippen MR) is 165 cm³/mol. The average Bonchev–Trinajstić information content (AvgIpc) is 3.66. The third kappa shape index (κ3) is 6.04. The molecule has 2 saturated heterocycles. The molecule has 10 heteroatoms. The Bertz CT molecular complexity index is 1540. The van der Waals surface area contributed by atoms with E-state index in [0.29, 0.717) is 35.1 Å². The molecule has 0 spiro atoms. The van der Waals surface area contributed by atoms with Gasteiger partial charge in [-0.1, -0.05) is 37.3 Å². The predicted octanol–water partition coefficient (Wildman–Crippen LogP) is 5.22. The molecule has 0 radical (unpaired) electrons. The number of amides is 2. The molecule has 6 rings (SSSR count). The van der Waals surface area contributed by atoms with Crippen molar-refractivity contribution >= 4 is 38.2 Å². The van der Waals surface area contributed by atoms with Crippen LogP contribution in [0.2, 0.25) is 0 Å². The lowest BCUT2D eigenvalue weighted by molar-refractivity contribution is 0.0792. The second-order valence-corrected chi connectivity index (χ2v) is 14.8. The monoisotopic (exact) mass is 606 g/mol. The molecule has 0 aliphatic carbocycles. The molecular weight excluding hydrogens is 569 g/mol. The van der Waals surface area contributed by atoms with Crippen molar-refractivity contribution in [3.63, 3.8) is 0 Å². The fourth-order valence-electron chi connectivity index (χ4n) is 6.15. The smallest absolute Gasteiger partial charge is 0.257 e. The summed E-state index contributed by atoms with van der Waals surface area (Å²) in [4.78, 5) is 32.7. The number of likely N-dealkylation sites (tertiary alicyclic amines) is 1. The van der Waals surface area contributed by atoms with Crippen LogP contribution in [0.25, 0.3) is 0 Å². The van der Waals surface area contributed by atoms with E-state index in [0.717, 1.165) is 75.3 Å². The van der Waals surface area contributed by atoms with Crippen LogP contribution in [0.15, 0.2) is 59.5 Å². The first kappa shape index (κ1) is 29.0. The number of carbonyl (C=O) groups excluding carboxylic acids is 2. The van der Waals surface area contributed by atoms with Gasteiger partial charge in [0.05, 0.1) is 10.5 Å². The highest BCUT2D eigenvalue weighted by atomic mass is 32.2. The van der Waals surface area contributed by atoms with Crippen LogP contribution in [0.3, 0.4) is 0 Å². The van der Waals surface area contributed by atoms with Crippen molar-refractivity contribution in [2.45, 2.75) is 57.0 Å². The molecule has 0 atom stereocenters. The van der Waals surface area contributed by atoms with E-state index in [9.17, 15) is 18.0 Å². The van der Waals surface area contributed by atoms with Crippen molar-refractivity contribution in [2.24, 2.45) is 5.92 Å². The highest BCUT2D eigenvalue weighted by Gasteiger charge is 2.32. The van der Waals surface area contributed by atoms with E-state index >= 15 is 0 Å². The number of carbonyl (C=O) groups is 2. The zero-order chi connectivity index (χ0) is 29.3. The zero-order valence-corrected chi connectivity index (χ0v) is 25.7. The summed E-state index contributed by atoms with van der Waals surface area (Å²) in [5, 5.41) is 3.62. The number of sulfonamides is 1. The molecule has 8 nitrogen and oxygen atoms in total. The van der Waals surface area contributed by atoms with Crippen LogP contribution >= 0.6 is 11.3 Å². The van der Waals surface area contributed by atoms with Crippen molar-refractivity contribution in [3.05, 3.63) is 81.7 Å². The van der Waals surface area contributed by atoms with Gasteiger partial charge in [0.25, 0.3) is 11.8 Å². The molecule has 4 heterocycles. The third-order valence-corrected chi connectivity index (χ3v) is 11.8. The van der Waals surface area contributed by atoms with E-state index in [1.54, 1.807) is 12.1 Å². The lowest BCUT2D eigenvalue weighted by Crippen LogP contribution is -2.37. The van der Waals surface area contributed by atoms with Gasteiger partial charge in [-0.25, -0.2) is 8.42 Å². The summed E-state index contributed by atoms with van der Waals surface area (Å²) in [7, 11) is -3.60. The number of hydrogen-bond donors (Lipinski definition) is 1. The number of nitrogens with one attached hydrogen (secondary N) is 1. The Morgan fingerprint density at radius 2 is 1.62 bits per heavy atom. The number of rotatable bonds is 7. The molecule has 0 unspecified atom stereocenters. The number of nitrogens with zero attached hydrogens (tertiary/aromatic N) is 3. The third-order valence-electron chi connectivity index (χ3n) is 8.72. The van der Waals surface area contributed by atoms with Gasteiger partial charge >= 0.3 is 0 Å². The molecule has 2 aromatic carbocycles. The van der Waals surface area contributed by atoms with Gasteiger partial charge in [-0.3, -0.25) is 14.5 Å². The summed E-state index contributed by atoms with van der Waals surface area (Å²) in [6, 6.07) is 16.5. The van der Waals surface area contributed by atoms with Crippen LogP contribution in [0, 0.1) is 5.92 Å². The summed E-state index contributed by atoms with van der Waals surface area (Å²) in [5.74, 6) is 0.176. The quantitative estimate of drug-likeness (QED) is 0.399. The van der Waals surface area contributed by atoms with Crippen LogP contribution < -0.4 is 5.32 Å². The normalized spacial score (nSPS) is 18.6. The van der Waals surface area contributed by atoms with E-state index in [1.165, 1.54) is 33.3 Å². The van der Waals surface area contributed by atoms with Crippen molar-refractivity contribution in [3.8, 4) is 0 Å². The van der Waals surface area contributed by atoms with Crippen molar-refractivity contribution in [1.82, 2.24) is 14.1 Å². The second kappa shape index (κ2) is 12.3. The molecule has 2 fully saturated rings. The van der Waals surface area contributed by atoms with Gasteiger partial charge in [0.1, 0.15) is 5.00 Å². The second-order valence-electron chi connectivity index (χ2n) is 11.7. The summed E-state index contributed by atoms with van der Waals surface area (Å²) >= 11 is 1.49. The van der Waals surface area contributed by atoms with Crippen LogP contribution in [-0.2, 0) is 29.5 Å². The van der Waals surface area contributed by atoms with Crippen molar-refractivity contribution in [1.29, 1.82) is 0 Å². The molecule has 3 aromatic rings. The molecule has 1 N–H and O–H groups in total. The van der Waals surface area contributed by atoms with E-state index in [-0.39, 0.29) is 16.7 Å². The van der Waals surface area contributed by atoms with E-state index in [1.807, 2.05) is 23.1 Å². The molecule has 222 valence electrons. The molecule has 42 heavy (non-hydrogen) atoms. The molecule has 0 saturated carbocycles. The van der Waals surface area contributed by atoms with Gasteiger partial charge in [-0.2, -0.15) is 4.31 Å². The minimum Gasteiger partial charge on any atom is -0.339 e. The highest BCUT2D eigenvalue weighted by molar-refractivity contribution is 7.89. The summed E-state index contributed by atoms with van der Waals surface area (Å²) < 4.78 is 27.8. The molecule has 1 aromatic heterocycles. The molecule has 0 bridgehead atoms. The van der Waals surface area contributed by atoms with Gasteiger partial charge in [-0.15, -0.1) is 11.3 Å². The number of hydrogen-bond acceptors (Lipinski definition) is 6. The van der Waals surface area contributed by atoms with Gasteiger partial charge in [-0.05, 0) is 73.4 Å². The van der Waals surface area contributed by atoms with Crippen molar-refractivity contribution < 1.29 is 18.0 Å². The van der Waals surface area contributed by atoms with Gasteiger partial charge in [0, 0.05) is 56.3 Å². The Labute approximate surface area is 252 Å². The lowest BCUT2D eigenvalue weighted by atomic mass is 10.0. The largest absolute Gasteiger partial charge is 0.339 e. The number of fused-ring (bicyclic) bond motifs is 1. The number of benzene rings is 2. The molecular formula is C32H38N4O4S2. The first-order valence-electron chi connectivity index (χ1n) is 14.9. The summed E-state index contributed by atoms with van der Waals surface area (Å²) in [6.07, 6.45) is 4.46. The van der Waals surface area contributed by atoms with Crippen LogP contribution in [0.4, 0.5) is 5.00 Å². The molecule has 3 aliphatic heterocycles. The zero-order valence-electron chi connectivity index (χ0n) is 24.0. The number of anilines is 1. The van der Waals surface area contributed by atoms with E-state index < -0.39 is 10.0 Å². The lowest BCUT2D eigenvalue weighted by Gasteiger charge is -2.29. The fraction of sp³-hybridized carbons (Fsp3) is 0.438. The standard InChI is InChI=1S/C32H38N4O4S2/c1-23-13-19-36(20-14-23)42(39,40)26-11-9-25(10-12-26)30(37)33-31-29(32(38)35-16-5-6-17-35)27-15-18-34(22-28(27)41-31)21-24-7-3-2-4-8-24/h2-4,7-12,23H,5-6,13-22H2,1H3,(H,33,37). The summed E-state index contributed by atoms with van der Waals surface area (Å²) in [5.41, 5.74) is 3.29. The van der Waals surface area contributed by atoms with Crippen LogP contribution in [-0.4, -0.2) is 67.1 Å². The topological polar surface area (TPSA) is 90.0 Å². The van der Waals surface area contributed by atoms with Gasteiger partial charge in [0.2, 0.25) is 10.0 Å². The first-order valence-corrected chi connectivity index (χ1v) is 17.2. The maximum atomic E-state index is 13.7. The summed E-state index contributed by atoms with van der Waals surface area (Å²) in [6.45, 7) is 7.07. The minimum atomic E-state index is -3.60. The first-order chi connectivity index (χ1) is 20.3. The van der Waals surface area contributed by atoms with Crippen LogP contribution in [0.5, 0.6) is 0 Å². The highest BCUT2D eigenvalue weighted by Crippen LogP contribution is 2.39. The maximum Gasteiger partial charge on any atom is 0.257 e. The van der Waals surface area contributed by atoms with Gasteiger partial charge < -0.3 is 10.2 Å². The van der Waals surface area contributed by atoms with Crippen molar-refractivity contribution in [2.75, 3.05) is 38.0 Å². The van der Waals surface area contributed by atoms with Gasteiger partial charge in [0.15, 0.2) is 0 Å². The Morgan fingerprint density at radius 1 is 0.929 bits per heavy atom. The molecule has 2 amide bonds.